The van der Waals surface area contributed by atoms with Crippen molar-refractivity contribution >= 4 is 5.78 Å². The van der Waals surface area contributed by atoms with E-state index in [4.69, 9.17) is 5.26 Å². The van der Waals surface area contributed by atoms with Crippen molar-refractivity contribution in [2.45, 2.75) is 40.5 Å². The minimum atomic E-state index is -0.404. The van der Waals surface area contributed by atoms with Crippen LogP contribution in [0.5, 0.6) is 0 Å². The van der Waals surface area contributed by atoms with Crippen molar-refractivity contribution in [2.75, 3.05) is 0 Å². The fraction of sp³-hybridized carbons (Fsp3) is 0.818. The van der Waals surface area contributed by atoms with Crippen molar-refractivity contribution in [3.8, 4) is 6.07 Å². The third-order valence-electron chi connectivity index (χ3n) is 2.12. The number of nitriles is 1. The van der Waals surface area contributed by atoms with E-state index >= 15 is 0 Å². The molecule has 1 atom stereocenters. The van der Waals surface area contributed by atoms with E-state index < -0.39 is 5.92 Å². The zero-order valence-electron chi connectivity index (χ0n) is 9.00. The van der Waals surface area contributed by atoms with Gasteiger partial charge in [-0.3, -0.25) is 4.79 Å². The van der Waals surface area contributed by atoms with Crippen molar-refractivity contribution < 1.29 is 4.79 Å². The van der Waals surface area contributed by atoms with Crippen LogP contribution < -0.4 is 0 Å². The van der Waals surface area contributed by atoms with Gasteiger partial charge in [0.2, 0.25) is 0 Å². The fourth-order valence-electron chi connectivity index (χ4n) is 1.18. The molecule has 13 heavy (non-hydrogen) atoms. The Labute approximate surface area is 80.9 Å². The molecule has 0 aliphatic carbocycles. The molecule has 0 aromatic carbocycles. The molecule has 2 heteroatoms. The van der Waals surface area contributed by atoms with Gasteiger partial charge in [0.05, 0.1) is 6.07 Å². The minimum absolute atomic E-state index is 0.103. The van der Waals surface area contributed by atoms with Crippen molar-refractivity contribution in [2.24, 2.45) is 17.8 Å². The quantitative estimate of drug-likeness (QED) is 0.654. The van der Waals surface area contributed by atoms with Crippen molar-refractivity contribution in [3.05, 3.63) is 0 Å². The lowest BCUT2D eigenvalue weighted by Gasteiger charge is -2.12. The Morgan fingerprint density at radius 3 is 2.15 bits per heavy atom. The summed E-state index contributed by atoms with van der Waals surface area (Å²) in [6.07, 6.45) is 1.44. The van der Waals surface area contributed by atoms with Gasteiger partial charge in [-0.25, -0.2) is 0 Å². The van der Waals surface area contributed by atoms with Crippen LogP contribution in [0, 0.1) is 29.1 Å². The van der Waals surface area contributed by atoms with Crippen LogP contribution in [0.25, 0.3) is 0 Å². The number of carbonyl (C=O) groups is 1. The van der Waals surface area contributed by atoms with Crippen LogP contribution in [0.1, 0.15) is 40.5 Å². The minimum Gasteiger partial charge on any atom is -0.298 e. The first-order valence-corrected chi connectivity index (χ1v) is 4.91. The smallest absolute Gasteiger partial charge is 0.150 e. The van der Waals surface area contributed by atoms with Gasteiger partial charge in [-0.2, -0.15) is 5.26 Å². The van der Waals surface area contributed by atoms with Gasteiger partial charge in [-0.05, 0) is 18.3 Å². The summed E-state index contributed by atoms with van der Waals surface area (Å²) in [5.41, 5.74) is 0. The molecule has 0 aromatic rings. The monoisotopic (exact) mass is 181 g/mol. The highest BCUT2D eigenvalue weighted by Gasteiger charge is 2.20. The van der Waals surface area contributed by atoms with Crippen LogP contribution in [0.2, 0.25) is 0 Å². The maximum Gasteiger partial charge on any atom is 0.150 e. The highest BCUT2D eigenvalue weighted by atomic mass is 16.1. The molecular formula is C11H19NO. The molecule has 0 heterocycles. The Hall–Kier alpha value is -0.840. The maximum absolute atomic E-state index is 11.5. The van der Waals surface area contributed by atoms with Gasteiger partial charge in [0.15, 0.2) is 0 Å². The average Bonchev–Trinajstić information content (AvgIpc) is 2.01. The number of ketones is 1. The SMILES string of the molecule is CC(C)CCC(=O)C(C#N)C(C)C. The van der Waals surface area contributed by atoms with Gasteiger partial charge in [-0.1, -0.05) is 27.7 Å². The second-order valence-electron chi connectivity index (χ2n) is 4.25. The fourth-order valence-corrected chi connectivity index (χ4v) is 1.18. The highest BCUT2D eigenvalue weighted by Crippen LogP contribution is 2.15. The first-order valence-electron chi connectivity index (χ1n) is 4.91. The third kappa shape index (κ3) is 4.67. The summed E-state index contributed by atoms with van der Waals surface area (Å²) in [6, 6.07) is 2.08. The number of hydrogen-bond donors (Lipinski definition) is 0. The Balaban J connectivity index is 4.02. The summed E-state index contributed by atoms with van der Waals surface area (Å²) in [5, 5.41) is 8.76. The summed E-state index contributed by atoms with van der Waals surface area (Å²) in [4.78, 5) is 11.5. The average molecular weight is 181 g/mol. The molecule has 0 fully saturated rings. The van der Waals surface area contributed by atoms with Crippen molar-refractivity contribution in [1.29, 1.82) is 5.26 Å². The van der Waals surface area contributed by atoms with Gasteiger partial charge in [0.25, 0.3) is 0 Å². The number of carbonyl (C=O) groups excluding carboxylic acids is 1. The van der Waals surface area contributed by atoms with E-state index in [1.165, 1.54) is 0 Å². The van der Waals surface area contributed by atoms with Gasteiger partial charge in [0.1, 0.15) is 11.7 Å². The van der Waals surface area contributed by atoms with Gasteiger partial charge in [-0.15, -0.1) is 0 Å². The lowest BCUT2D eigenvalue weighted by Crippen LogP contribution is -2.18. The summed E-state index contributed by atoms with van der Waals surface area (Å²) in [5.74, 6) is 0.380. The Morgan fingerprint density at radius 2 is 1.85 bits per heavy atom. The Kier molecular flexibility index (Phi) is 5.37. The number of Topliss-reactive ketones (excluding diaryl/α,β-unsaturated/α-hetero) is 1. The largest absolute Gasteiger partial charge is 0.298 e. The first-order chi connectivity index (χ1) is 5.99. The van der Waals surface area contributed by atoms with Crippen LogP contribution >= 0.6 is 0 Å². The zero-order valence-corrected chi connectivity index (χ0v) is 9.00. The van der Waals surface area contributed by atoms with Gasteiger partial charge < -0.3 is 0 Å². The standard InChI is InChI=1S/C11H19NO/c1-8(2)5-6-11(13)10(7-12)9(3)4/h8-10H,5-6H2,1-4H3. The van der Waals surface area contributed by atoms with Crippen molar-refractivity contribution in [1.82, 2.24) is 0 Å². The zero-order chi connectivity index (χ0) is 10.4. The maximum atomic E-state index is 11.5. The van der Waals surface area contributed by atoms with Crippen LogP contribution in [-0.4, -0.2) is 5.78 Å². The van der Waals surface area contributed by atoms with E-state index in [9.17, 15) is 4.79 Å². The van der Waals surface area contributed by atoms with Crippen molar-refractivity contribution in [3.63, 3.8) is 0 Å². The van der Waals surface area contributed by atoms with E-state index in [0.717, 1.165) is 6.42 Å². The molecule has 0 bridgehead atoms. The molecule has 1 unspecified atom stereocenters. The molecule has 0 aliphatic rings. The molecule has 74 valence electrons. The van der Waals surface area contributed by atoms with Crippen LogP contribution in [-0.2, 0) is 4.79 Å². The van der Waals surface area contributed by atoms with E-state index in [-0.39, 0.29) is 11.7 Å². The number of hydrogen-bond acceptors (Lipinski definition) is 2. The molecule has 0 saturated carbocycles. The predicted octanol–water partition coefficient (Wildman–Crippen LogP) is 2.79. The van der Waals surface area contributed by atoms with Crippen LogP contribution in [0.4, 0.5) is 0 Å². The van der Waals surface area contributed by atoms with E-state index in [1.54, 1.807) is 0 Å². The predicted molar refractivity (Wildman–Crippen MR) is 53.0 cm³/mol. The highest BCUT2D eigenvalue weighted by molar-refractivity contribution is 5.83. The molecule has 0 rings (SSSR count). The van der Waals surface area contributed by atoms with E-state index in [0.29, 0.717) is 12.3 Å². The second kappa shape index (κ2) is 5.75. The molecule has 0 aromatic heterocycles. The van der Waals surface area contributed by atoms with Crippen LogP contribution in [0.3, 0.4) is 0 Å². The van der Waals surface area contributed by atoms with Crippen LogP contribution in [0.15, 0.2) is 0 Å². The molecule has 0 saturated heterocycles. The lowest BCUT2D eigenvalue weighted by atomic mass is 9.89. The summed E-state index contributed by atoms with van der Waals surface area (Å²) < 4.78 is 0. The molecule has 0 spiro atoms. The molecule has 0 amide bonds. The number of nitrogens with zero attached hydrogens (tertiary/aromatic N) is 1. The molecule has 0 radical (unpaired) electrons. The topological polar surface area (TPSA) is 40.9 Å². The normalized spacial score (nSPS) is 13.0. The lowest BCUT2D eigenvalue weighted by molar-refractivity contribution is -0.122. The summed E-state index contributed by atoms with van der Waals surface area (Å²) in [6.45, 7) is 8.01. The van der Waals surface area contributed by atoms with Gasteiger partial charge >= 0.3 is 0 Å². The number of rotatable bonds is 5. The molecular weight excluding hydrogens is 162 g/mol. The second-order valence-corrected chi connectivity index (χ2v) is 4.25. The van der Waals surface area contributed by atoms with E-state index in [2.05, 4.69) is 19.9 Å². The Morgan fingerprint density at radius 1 is 1.31 bits per heavy atom. The first kappa shape index (κ1) is 12.2. The molecule has 0 aliphatic heterocycles. The summed E-state index contributed by atoms with van der Waals surface area (Å²) in [7, 11) is 0. The molecule has 0 N–H and O–H groups in total. The van der Waals surface area contributed by atoms with E-state index in [1.807, 2.05) is 13.8 Å². The molecule has 2 nitrogen and oxygen atoms in total. The van der Waals surface area contributed by atoms with Gasteiger partial charge in [0, 0.05) is 6.42 Å². The summed E-state index contributed by atoms with van der Waals surface area (Å²) >= 11 is 0. The Bertz CT molecular complexity index is 201. The third-order valence-corrected chi connectivity index (χ3v) is 2.12.